The van der Waals surface area contributed by atoms with Gasteiger partial charge < -0.3 is 15.4 Å². The van der Waals surface area contributed by atoms with Gasteiger partial charge >= 0.3 is 6.09 Å². The Morgan fingerprint density at radius 3 is 2.68 bits per heavy atom. The number of nitrogens with two attached hydrogens (primary N) is 1. The predicted octanol–water partition coefficient (Wildman–Crippen LogP) is 0.549. The van der Waals surface area contributed by atoms with Crippen LogP contribution in [0.3, 0.4) is 0 Å². The van der Waals surface area contributed by atoms with Crippen LogP contribution in [0.5, 0.6) is 0 Å². The number of hydrogen-bond donors (Lipinski definition) is 1. The van der Waals surface area contributed by atoms with Gasteiger partial charge in [0.1, 0.15) is 0 Å². The summed E-state index contributed by atoms with van der Waals surface area (Å²) in [5.41, 5.74) is 7.63. The van der Waals surface area contributed by atoms with Gasteiger partial charge in [0.2, 0.25) is 5.91 Å². The molecule has 1 saturated carbocycles. The number of carbonyl (C=O) groups excluding carboxylic acids is 3. The van der Waals surface area contributed by atoms with Gasteiger partial charge in [0.25, 0.3) is 5.91 Å². The second kappa shape index (κ2) is 4.46. The van der Waals surface area contributed by atoms with Crippen LogP contribution in [0.4, 0.5) is 16.2 Å². The number of benzene rings is 1. The van der Waals surface area contributed by atoms with Crippen LogP contribution in [-0.4, -0.2) is 36.6 Å². The zero-order valence-corrected chi connectivity index (χ0v) is 11.8. The van der Waals surface area contributed by atoms with E-state index in [0.29, 0.717) is 18.2 Å². The summed E-state index contributed by atoms with van der Waals surface area (Å²) in [6.07, 6.45) is 0.927. The summed E-state index contributed by atoms with van der Waals surface area (Å²) < 4.78 is 4.93. The normalized spacial score (nSPS) is 23.7. The number of anilines is 2. The third-order valence-corrected chi connectivity index (χ3v) is 4.29. The average molecular weight is 301 g/mol. The van der Waals surface area contributed by atoms with Crippen molar-refractivity contribution in [3.63, 3.8) is 0 Å². The summed E-state index contributed by atoms with van der Waals surface area (Å²) >= 11 is 0. The van der Waals surface area contributed by atoms with Crippen LogP contribution in [-0.2, 0) is 20.7 Å². The SMILES string of the molecule is NC(=O)[C@H]1CN(c2ccc3c(c2)CC(=O)N3C2CC2)C(=O)O1. The van der Waals surface area contributed by atoms with Crippen LogP contribution in [0.25, 0.3) is 0 Å². The van der Waals surface area contributed by atoms with Crippen molar-refractivity contribution in [1.82, 2.24) is 0 Å². The number of fused-ring (bicyclic) bond motifs is 1. The molecule has 2 N–H and O–H groups in total. The van der Waals surface area contributed by atoms with Crippen LogP contribution in [0.2, 0.25) is 0 Å². The molecule has 7 heteroatoms. The van der Waals surface area contributed by atoms with E-state index >= 15 is 0 Å². The summed E-state index contributed by atoms with van der Waals surface area (Å²) in [6, 6.07) is 5.78. The molecule has 114 valence electrons. The van der Waals surface area contributed by atoms with Crippen LogP contribution in [0, 0.1) is 0 Å². The van der Waals surface area contributed by atoms with E-state index in [1.807, 2.05) is 17.0 Å². The largest absolute Gasteiger partial charge is 0.434 e. The summed E-state index contributed by atoms with van der Waals surface area (Å²) in [6.45, 7) is 0.104. The molecule has 7 nitrogen and oxygen atoms in total. The zero-order valence-electron chi connectivity index (χ0n) is 11.8. The zero-order chi connectivity index (χ0) is 15.4. The topological polar surface area (TPSA) is 92.9 Å². The van der Waals surface area contributed by atoms with E-state index in [0.717, 1.165) is 24.1 Å². The van der Waals surface area contributed by atoms with Gasteiger partial charge in [-0.15, -0.1) is 0 Å². The lowest BCUT2D eigenvalue weighted by Crippen LogP contribution is -2.32. The van der Waals surface area contributed by atoms with Crippen molar-refractivity contribution in [3.8, 4) is 0 Å². The highest BCUT2D eigenvalue weighted by molar-refractivity contribution is 6.03. The first-order valence-corrected chi connectivity index (χ1v) is 7.27. The maximum Gasteiger partial charge on any atom is 0.415 e. The smallest absolute Gasteiger partial charge is 0.415 e. The molecule has 2 heterocycles. The van der Waals surface area contributed by atoms with Crippen molar-refractivity contribution >= 4 is 29.3 Å². The maximum atomic E-state index is 12.1. The van der Waals surface area contributed by atoms with Gasteiger partial charge in [0.15, 0.2) is 6.10 Å². The van der Waals surface area contributed by atoms with Crippen LogP contribution in [0.15, 0.2) is 18.2 Å². The van der Waals surface area contributed by atoms with Crippen LogP contribution >= 0.6 is 0 Å². The lowest BCUT2D eigenvalue weighted by Gasteiger charge is -2.18. The van der Waals surface area contributed by atoms with Crippen molar-refractivity contribution in [2.24, 2.45) is 5.73 Å². The van der Waals surface area contributed by atoms with Crippen molar-refractivity contribution < 1.29 is 19.1 Å². The molecule has 1 atom stereocenters. The molecule has 1 aliphatic carbocycles. The van der Waals surface area contributed by atoms with Gasteiger partial charge in [0, 0.05) is 17.4 Å². The van der Waals surface area contributed by atoms with E-state index in [2.05, 4.69) is 0 Å². The third-order valence-electron chi connectivity index (χ3n) is 4.29. The molecule has 0 aromatic heterocycles. The van der Waals surface area contributed by atoms with E-state index in [-0.39, 0.29) is 12.5 Å². The fourth-order valence-corrected chi connectivity index (χ4v) is 3.05. The van der Waals surface area contributed by atoms with Gasteiger partial charge in [-0.25, -0.2) is 4.79 Å². The number of primary amides is 1. The second-order valence-corrected chi connectivity index (χ2v) is 5.87. The molecular weight excluding hydrogens is 286 g/mol. The minimum atomic E-state index is -0.926. The first-order valence-electron chi connectivity index (χ1n) is 7.27. The second-order valence-electron chi connectivity index (χ2n) is 5.87. The Kier molecular flexibility index (Phi) is 2.66. The minimum absolute atomic E-state index is 0.104. The van der Waals surface area contributed by atoms with Crippen molar-refractivity contribution in [2.45, 2.75) is 31.4 Å². The molecular formula is C15H15N3O4. The van der Waals surface area contributed by atoms with Crippen molar-refractivity contribution in [3.05, 3.63) is 23.8 Å². The first-order chi connectivity index (χ1) is 10.5. The van der Waals surface area contributed by atoms with E-state index in [1.54, 1.807) is 6.07 Å². The number of nitrogens with zero attached hydrogens (tertiary/aromatic N) is 2. The summed E-state index contributed by atoms with van der Waals surface area (Å²) in [5, 5.41) is 0. The lowest BCUT2D eigenvalue weighted by molar-refractivity contribution is -0.124. The molecule has 2 aliphatic heterocycles. The molecule has 2 fully saturated rings. The Balaban J connectivity index is 1.63. The van der Waals surface area contributed by atoms with E-state index in [9.17, 15) is 14.4 Å². The number of amides is 3. The first kappa shape index (κ1) is 13.1. The number of cyclic esters (lactones) is 1. The number of hydrogen-bond acceptors (Lipinski definition) is 4. The van der Waals surface area contributed by atoms with E-state index < -0.39 is 18.1 Å². The van der Waals surface area contributed by atoms with E-state index in [1.165, 1.54) is 4.90 Å². The molecule has 4 rings (SSSR count). The molecule has 3 amide bonds. The van der Waals surface area contributed by atoms with Gasteiger partial charge in [0.05, 0.1) is 13.0 Å². The molecule has 1 aromatic rings. The minimum Gasteiger partial charge on any atom is -0.434 e. The van der Waals surface area contributed by atoms with Crippen molar-refractivity contribution in [1.29, 1.82) is 0 Å². The molecule has 0 bridgehead atoms. The van der Waals surface area contributed by atoms with Gasteiger partial charge in [-0.3, -0.25) is 14.5 Å². The Morgan fingerprint density at radius 2 is 2.05 bits per heavy atom. The molecule has 0 radical (unpaired) electrons. The average Bonchev–Trinajstić information content (AvgIpc) is 3.13. The predicted molar refractivity (Wildman–Crippen MR) is 77.5 cm³/mol. The molecule has 3 aliphatic rings. The summed E-state index contributed by atoms with van der Waals surface area (Å²) in [7, 11) is 0. The Morgan fingerprint density at radius 1 is 1.27 bits per heavy atom. The standard InChI is InChI=1S/C15H15N3O4/c16-14(20)12-7-17(15(21)22-12)10-3-4-11-8(5-10)6-13(19)18(11)9-1-2-9/h3-5,9,12H,1-2,6-7H2,(H2,16,20)/t12-/m1/s1. The highest BCUT2D eigenvalue weighted by Gasteiger charge is 2.40. The van der Waals surface area contributed by atoms with Gasteiger partial charge in [-0.1, -0.05) is 0 Å². The number of ether oxygens (including phenoxy) is 1. The monoisotopic (exact) mass is 301 g/mol. The fraction of sp³-hybridized carbons (Fsp3) is 0.400. The van der Waals surface area contributed by atoms with Crippen LogP contribution in [0.1, 0.15) is 18.4 Å². The highest BCUT2D eigenvalue weighted by Crippen LogP contribution is 2.40. The number of carbonyl (C=O) groups is 3. The molecule has 0 spiro atoms. The number of rotatable bonds is 3. The molecule has 0 unspecified atom stereocenters. The third kappa shape index (κ3) is 1.93. The Hall–Kier alpha value is -2.57. The van der Waals surface area contributed by atoms with Gasteiger partial charge in [-0.2, -0.15) is 0 Å². The lowest BCUT2D eigenvalue weighted by atomic mass is 10.1. The molecule has 1 aromatic carbocycles. The molecule has 22 heavy (non-hydrogen) atoms. The maximum absolute atomic E-state index is 12.1. The summed E-state index contributed by atoms with van der Waals surface area (Å²) in [5.74, 6) is -0.555. The van der Waals surface area contributed by atoms with Crippen LogP contribution < -0.4 is 15.5 Å². The highest BCUT2D eigenvalue weighted by atomic mass is 16.6. The quantitative estimate of drug-likeness (QED) is 0.882. The van der Waals surface area contributed by atoms with Gasteiger partial charge in [-0.05, 0) is 36.6 Å². The Labute approximate surface area is 126 Å². The fourth-order valence-electron chi connectivity index (χ4n) is 3.05. The Bertz CT molecular complexity index is 698. The van der Waals surface area contributed by atoms with Crippen molar-refractivity contribution in [2.75, 3.05) is 16.3 Å². The van der Waals surface area contributed by atoms with E-state index in [4.69, 9.17) is 10.5 Å². The summed E-state index contributed by atoms with van der Waals surface area (Å²) in [4.78, 5) is 38.3. The molecule has 1 saturated heterocycles.